The molecule has 0 spiro atoms. The molecule has 3 aromatic rings. The largest absolute Gasteiger partial charge is 0.488 e. The van der Waals surface area contributed by atoms with Crippen LogP contribution in [0.3, 0.4) is 0 Å². The Kier molecular flexibility index (Phi) is 3.83. The number of nitrogens with zero attached hydrogens (tertiary/aromatic N) is 2. The number of hydrogen-bond donors (Lipinski definition) is 1. The third-order valence-electron chi connectivity index (χ3n) is 3.20. The van der Waals surface area contributed by atoms with Crippen LogP contribution in [0.2, 0.25) is 0 Å². The Balaban J connectivity index is 1.64. The molecule has 108 valence electrons. The van der Waals surface area contributed by atoms with E-state index in [-0.39, 0.29) is 12.4 Å². The molecule has 0 aliphatic heterocycles. The highest BCUT2D eigenvalue weighted by Crippen LogP contribution is 2.16. The summed E-state index contributed by atoms with van der Waals surface area (Å²) in [5.41, 5.74) is 1.82. The fourth-order valence-corrected chi connectivity index (χ4v) is 2.18. The van der Waals surface area contributed by atoms with Crippen LogP contribution in [0.1, 0.15) is 0 Å². The maximum absolute atomic E-state index is 13.4. The molecule has 4 nitrogen and oxygen atoms in total. The van der Waals surface area contributed by atoms with Crippen LogP contribution >= 0.6 is 0 Å². The van der Waals surface area contributed by atoms with Gasteiger partial charge in [0.1, 0.15) is 12.7 Å². The first kappa shape index (κ1) is 13.6. The highest BCUT2D eigenvalue weighted by molar-refractivity contribution is 5.74. The van der Waals surface area contributed by atoms with E-state index < -0.39 is 11.9 Å². The molecule has 3 rings (SSSR count). The zero-order valence-corrected chi connectivity index (χ0v) is 11.3. The van der Waals surface area contributed by atoms with Crippen molar-refractivity contribution >= 4 is 11.0 Å². The van der Waals surface area contributed by atoms with E-state index in [2.05, 4.69) is 4.98 Å². The summed E-state index contributed by atoms with van der Waals surface area (Å²) in [6, 6.07) is 13.8. The van der Waals surface area contributed by atoms with Crippen molar-refractivity contribution in [1.82, 2.24) is 9.55 Å². The minimum Gasteiger partial charge on any atom is -0.488 e. The third kappa shape index (κ3) is 3.03. The second-order valence-electron chi connectivity index (χ2n) is 4.78. The molecule has 1 heterocycles. The van der Waals surface area contributed by atoms with Crippen LogP contribution in [-0.4, -0.2) is 27.4 Å². The lowest BCUT2D eigenvalue weighted by Crippen LogP contribution is -2.23. The van der Waals surface area contributed by atoms with Gasteiger partial charge in [0.25, 0.3) is 0 Å². The molecule has 0 saturated carbocycles. The summed E-state index contributed by atoms with van der Waals surface area (Å²) in [5, 5.41) is 10.0. The summed E-state index contributed by atoms with van der Waals surface area (Å²) in [5.74, 6) is -0.287. The van der Waals surface area contributed by atoms with Gasteiger partial charge in [0.2, 0.25) is 0 Å². The molecule has 0 aliphatic rings. The first-order valence-electron chi connectivity index (χ1n) is 6.69. The number of aromatic nitrogens is 2. The van der Waals surface area contributed by atoms with Crippen molar-refractivity contribution in [2.45, 2.75) is 12.6 Å². The average Bonchev–Trinajstić information content (AvgIpc) is 2.90. The van der Waals surface area contributed by atoms with Crippen LogP contribution in [-0.2, 0) is 6.54 Å². The molecule has 0 aliphatic carbocycles. The number of aliphatic hydroxyl groups is 1. The number of rotatable bonds is 5. The van der Waals surface area contributed by atoms with Crippen molar-refractivity contribution in [3.8, 4) is 5.75 Å². The number of halogens is 1. The monoisotopic (exact) mass is 286 g/mol. The van der Waals surface area contributed by atoms with Crippen molar-refractivity contribution in [1.29, 1.82) is 0 Å². The van der Waals surface area contributed by atoms with Gasteiger partial charge in [0.05, 0.1) is 23.9 Å². The molecule has 1 N–H and O–H groups in total. The highest BCUT2D eigenvalue weighted by atomic mass is 19.1. The van der Waals surface area contributed by atoms with Crippen molar-refractivity contribution in [3.63, 3.8) is 0 Å². The van der Waals surface area contributed by atoms with Crippen LogP contribution in [0.25, 0.3) is 11.0 Å². The number of benzene rings is 2. The van der Waals surface area contributed by atoms with E-state index >= 15 is 0 Å². The Labute approximate surface area is 121 Å². The Morgan fingerprint density at radius 2 is 1.90 bits per heavy atom. The second-order valence-corrected chi connectivity index (χ2v) is 4.78. The van der Waals surface area contributed by atoms with Crippen LogP contribution in [0.4, 0.5) is 4.39 Å². The summed E-state index contributed by atoms with van der Waals surface area (Å²) in [7, 11) is 0. The molecule has 5 heteroatoms. The molecule has 0 unspecified atom stereocenters. The van der Waals surface area contributed by atoms with E-state index in [0.29, 0.717) is 6.54 Å². The van der Waals surface area contributed by atoms with Crippen LogP contribution in [0.15, 0.2) is 54.9 Å². The normalized spacial score (nSPS) is 12.5. The minimum atomic E-state index is -0.748. The number of fused-ring (bicyclic) bond motifs is 1. The summed E-state index contributed by atoms with van der Waals surface area (Å²) in [6.45, 7) is 0.363. The minimum absolute atomic E-state index is 0.0213. The zero-order valence-electron chi connectivity index (χ0n) is 11.3. The van der Waals surface area contributed by atoms with Gasteiger partial charge in [-0.1, -0.05) is 24.3 Å². The number of ether oxygens (including phenoxy) is 1. The van der Waals surface area contributed by atoms with Gasteiger partial charge >= 0.3 is 0 Å². The fraction of sp³-hybridized carbons (Fsp3) is 0.188. The Bertz CT molecular complexity index is 742. The maximum Gasteiger partial charge on any atom is 0.165 e. The summed E-state index contributed by atoms with van der Waals surface area (Å²) < 4.78 is 20.6. The van der Waals surface area contributed by atoms with Crippen LogP contribution < -0.4 is 4.74 Å². The number of para-hydroxylation sites is 3. The zero-order chi connectivity index (χ0) is 14.7. The van der Waals surface area contributed by atoms with Gasteiger partial charge < -0.3 is 14.4 Å². The van der Waals surface area contributed by atoms with E-state index in [0.717, 1.165) is 11.0 Å². The lowest BCUT2D eigenvalue weighted by molar-refractivity contribution is 0.0914. The summed E-state index contributed by atoms with van der Waals surface area (Å²) in [4.78, 5) is 4.26. The van der Waals surface area contributed by atoms with Crippen molar-refractivity contribution in [2.24, 2.45) is 0 Å². The maximum atomic E-state index is 13.4. The molecular formula is C16H15FN2O2. The highest BCUT2D eigenvalue weighted by Gasteiger charge is 2.10. The third-order valence-corrected chi connectivity index (χ3v) is 3.20. The van der Waals surface area contributed by atoms with Gasteiger partial charge in [0, 0.05) is 0 Å². The summed E-state index contributed by atoms with van der Waals surface area (Å²) >= 11 is 0. The van der Waals surface area contributed by atoms with E-state index in [1.807, 2.05) is 28.8 Å². The van der Waals surface area contributed by atoms with E-state index in [9.17, 15) is 9.50 Å². The molecule has 1 aromatic heterocycles. The van der Waals surface area contributed by atoms with Gasteiger partial charge in [-0.15, -0.1) is 0 Å². The van der Waals surface area contributed by atoms with E-state index in [1.54, 1.807) is 18.5 Å². The first-order chi connectivity index (χ1) is 10.2. The van der Waals surface area contributed by atoms with E-state index in [4.69, 9.17) is 4.74 Å². The van der Waals surface area contributed by atoms with Crippen molar-refractivity contribution < 1.29 is 14.2 Å². The molecule has 21 heavy (non-hydrogen) atoms. The van der Waals surface area contributed by atoms with Crippen LogP contribution in [0, 0.1) is 5.82 Å². The van der Waals surface area contributed by atoms with Gasteiger partial charge in [0.15, 0.2) is 11.6 Å². The predicted molar refractivity (Wildman–Crippen MR) is 77.6 cm³/mol. The van der Waals surface area contributed by atoms with Gasteiger partial charge in [-0.25, -0.2) is 9.37 Å². The van der Waals surface area contributed by atoms with Crippen molar-refractivity contribution in [2.75, 3.05) is 6.61 Å². The lowest BCUT2D eigenvalue weighted by atomic mass is 10.3. The molecule has 0 bridgehead atoms. The van der Waals surface area contributed by atoms with Gasteiger partial charge in [-0.05, 0) is 24.3 Å². The molecule has 0 amide bonds. The van der Waals surface area contributed by atoms with Gasteiger partial charge in [-0.3, -0.25) is 0 Å². The Hall–Kier alpha value is -2.40. The Morgan fingerprint density at radius 3 is 2.76 bits per heavy atom. The molecule has 0 radical (unpaired) electrons. The van der Waals surface area contributed by atoms with Crippen molar-refractivity contribution in [3.05, 3.63) is 60.7 Å². The standard InChI is InChI=1S/C16H15FN2O2/c17-13-5-1-4-8-16(13)21-10-12(20)9-19-11-18-14-6-2-3-7-15(14)19/h1-8,11-12,20H,9-10H2/t12-/m1/s1. The summed E-state index contributed by atoms with van der Waals surface area (Å²) in [6.07, 6.45) is 0.930. The smallest absolute Gasteiger partial charge is 0.165 e. The average molecular weight is 286 g/mol. The lowest BCUT2D eigenvalue weighted by Gasteiger charge is -2.13. The van der Waals surface area contributed by atoms with Crippen LogP contribution in [0.5, 0.6) is 5.75 Å². The number of imidazole rings is 1. The molecule has 2 aromatic carbocycles. The SMILES string of the molecule is O[C@@H](COc1ccccc1F)Cn1cnc2ccccc21. The second kappa shape index (κ2) is 5.93. The molecule has 0 saturated heterocycles. The van der Waals surface area contributed by atoms with Gasteiger partial charge in [-0.2, -0.15) is 0 Å². The number of aliphatic hydroxyl groups excluding tert-OH is 1. The first-order valence-corrected chi connectivity index (χ1v) is 6.69. The fourth-order valence-electron chi connectivity index (χ4n) is 2.18. The molecular weight excluding hydrogens is 271 g/mol. The Morgan fingerprint density at radius 1 is 1.14 bits per heavy atom. The topological polar surface area (TPSA) is 47.3 Å². The molecule has 0 fully saturated rings. The predicted octanol–water partition coefficient (Wildman–Crippen LogP) is 2.62. The quantitative estimate of drug-likeness (QED) is 0.784. The molecule has 1 atom stereocenters. The van der Waals surface area contributed by atoms with E-state index in [1.165, 1.54) is 12.1 Å². The number of hydrogen-bond acceptors (Lipinski definition) is 3.